The number of aliphatic hydroxyl groups is 1. The zero-order chi connectivity index (χ0) is 9.68. The molecule has 0 saturated heterocycles. The highest BCUT2D eigenvalue weighted by molar-refractivity contribution is 5.76. The number of rotatable bonds is 6. The zero-order valence-electron chi connectivity index (χ0n) is 8.05. The van der Waals surface area contributed by atoms with Crippen molar-refractivity contribution in [1.82, 2.24) is 10.6 Å². The van der Waals surface area contributed by atoms with E-state index in [4.69, 9.17) is 5.11 Å². The van der Waals surface area contributed by atoms with Crippen molar-refractivity contribution in [2.45, 2.75) is 38.3 Å². The van der Waals surface area contributed by atoms with Crippen molar-refractivity contribution in [1.29, 1.82) is 0 Å². The average Bonchev–Trinajstić information content (AvgIpc) is 2.88. The first-order valence-corrected chi connectivity index (χ1v) is 4.86. The molecule has 1 rings (SSSR count). The highest BCUT2D eigenvalue weighted by atomic mass is 16.3. The van der Waals surface area contributed by atoms with Crippen LogP contribution in [0.25, 0.3) is 0 Å². The summed E-state index contributed by atoms with van der Waals surface area (Å²) in [4.78, 5) is 11.1. The van der Waals surface area contributed by atoms with Crippen molar-refractivity contribution in [3.8, 4) is 0 Å². The Morgan fingerprint density at radius 3 is 2.85 bits per heavy atom. The van der Waals surface area contributed by atoms with Crippen LogP contribution in [0.5, 0.6) is 0 Å². The molecule has 1 fully saturated rings. The standard InChI is InChI=1S/C9H18N2O2/c1-7(6-12)10-5-4-9(13)11-8-2-3-8/h7-8,10,12H,2-6H2,1H3,(H,11,13). The van der Waals surface area contributed by atoms with Gasteiger partial charge in [0.25, 0.3) is 0 Å². The maximum absolute atomic E-state index is 11.1. The van der Waals surface area contributed by atoms with Crippen molar-refractivity contribution in [3.63, 3.8) is 0 Å². The van der Waals surface area contributed by atoms with Gasteiger partial charge in [-0.25, -0.2) is 0 Å². The Balaban J connectivity index is 1.94. The molecule has 1 aliphatic rings. The van der Waals surface area contributed by atoms with Crippen LogP contribution in [0.4, 0.5) is 0 Å². The Kier molecular flexibility index (Phi) is 4.18. The molecule has 1 amide bonds. The van der Waals surface area contributed by atoms with Crippen molar-refractivity contribution >= 4 is 5.91 Å². The molecule has 1 aliphatic carbocycles. The molecule has 3 N–H and O–H groups in total. The van der Waals surface area contributed by atoms with E-state index in [1.807, 2.05) is 6.92 Å². The Morgan fingerprint density at radius 2 is 2.31 bits per heavy atom. The highest BCUT2D eigenvalue weighted by Crippen LogP contribution is 2.18. The van der Waals surface area contributed by atoms with Gasteiger partial charge < -0.3 is 15.7 Å². The number of hydrogen-bond donors (Lipinski definition) is 3. The summed E-state index contributed by atoms with van der Waals surface area (Å²) in [7, 11) is 0. The zero-order valence-corrected chi connectivity index (χ0v) is 8.05. The van der Waals surface area contributed by atoms with E-state index in [9.17, 15) is 4.79 Å². The second kappa shape index (κ2) is 5.19. The van der Waals surface area contributed by atoms with Crippen molar-refractivity contribution in [2.75, 3.05) is 13.2 Å². The molecule has 0 radical (unpaired) electrons. The summed E-state index contributed by atoms with van der Waals surface area (Å²) in [6.45, 7) is 2.64. The third kappa shape index (κ3) is 4.85. The molecule has 0 spiro atoms. The maximum atomic E-state index is 11.1. The molecule has 4 heteroatoms. The van der Waals surface area contributed by atoms with E-state index in [0.717, 1.165) is 12.8 Å². The van der Waals surface area contributed by atoms with Gasteiger partial charge in [-0.2, -0.15) is 0 Å². The number of carbonyl (C=O) groups is 1. The fourth-order valence-electron chi connectivity index (χ4n) is 1.02. The van der Waals surface area contributed by atoms with E-state index < -0.39 is 0 Å². The normalized spacial score (nSPS) is 18.3. The van der Waals surface area contributed by atoms with Gasteiger partial charge in [0.2, 0.25) is 5.91 Å². The molecule has 1 saturated carbocycles. The molecule has 1 atom stereocenters. The van der Waals surface area contributed by atoms with E-state index in [2.05, 4.69) is 10.6 Å². The molecular formula is C9H18N2O2. The van der Waals surface area contributed by atoms with Crippen LogP contribution in [-0.2, 0) is 4.79 Å². The molecule has 1 unspecified atom stereocenters. The quantitative estimate of drug-likeness (QED) is 0.530. The number of aliphatic hydroxyl groups excluding tert-OH is 1. The summed E-state index contributed by atoms with van der Waals surface area (Å²) in [5, 5.41) is 14.6. The minimum Gasteiger partial charge on any atom is -0.395 e. The number of amides is 1. The van der Waals surface area contributed by atoms with Crippen molar-refractivity contribution < 1.29 is 9.90 Å². The predicted molar refractivity (Wildman–Crippen MR) is 50.3 cm³/mol. The van der Waals surface area contributed by atoms with Gasteiger partial charge in [0.05, 0.1) is 6.61 Å². The van der Waals surface area contributed by atoms with E-state index in [1.54, 1.807) is 0 Å². The Labute approximate surface area is 78.7 Å². The third-order valence-corrected chi connectivity index (χ3v) is 2.06. The minimum atomic E-state index is 0.0775. The van der Waals surface area contributed by atoms with Crippen LogP contribution in [-0.4, -0.2) is 36.2 Å². The smallest absolute Gasteiger partial charge is 0.221 e. The first-order chi connectivity index (χ1) is 6.22. The van der Waals surface area contributed by atoms with Crippen LogP contribution < -0.4 is 10.6 Å². The largest absolute Gasteiger partial charge is 0.395 e. The van der Waals surface area contributed by atoms with Gasteiger partial charge in [-0.15, -0.1) is 0 Å². The molecule has 0 aromatic carbocycles. The van der Waals surface area contributed by atoms with Crippen LogP contribution in [0.1, 0.15) is 26.2 Å². The lowest BCUT2D eigenvalue weighted by Gasteiger charge is -2.09. The van der Waals surface area contributed by atoms with Crippen LogP contribution in [0, 0.1) is 0 Å². The van der Waals surface area contributed by atoms with E-state index in [0.29, 0.717) is 19.0 Å². The minimum absolute atomic E-state index is 0.0775. The predicted octanol–water partition coefficient (Wildman–Crippen LogP) is -0.374. The summed E-state index contributed by atoms with van der Waals surface area (Å²) < 4.78 is 0. The van der Waals surface area contributed by atoms with Crippen LogP contribution in [0.15, 0.2) is 0 Å². The molecule has 0 bridgehead atoms. The second-order valence-electron chi connectivity index (χ2n) is 3.63. The molecule has 0 aromatic rings. The summed E-state index contributed by atoms with van der Waals surface area (Å²) in [5.74, 6) is 0.111. The number of hydrogen-bond acceptors (Lipinski definition) is 3. The van der Waals surface area contributed by atoms with E-state index >= 15 is 0 Å². The van der Waals surface area contributed by atoms with Crippen LogP contribution in [0.3, 0.4) is 0 Å². The van der Waals surface area contributed by atoms with Crippen LogP contribution in [0.2, 0.25) is 0 Å². The van der Waals surface area contributed by atoms with Gasteiger partial charge in [0.15, 0.2) is 0 Å². The summed E-state index contributed by atoms with van der Waals surface area (Å²) in [5.41, 5.74) is 0. The van der Waals surface area contributed by atoms with Crippen molar-refractivity contribution in [2.24, 2.45) is 0 Å². The van der Waals surface area contributed by atoms with Gasteiger partial charge in [0, 0.05) is 25.0 Å². The topological polar surface area (TPSA) is 61.4 Å². The van der Waals surface area contributed by atoms with Gasteiger partial charge in [-0.3, -0.25) is 4.79 Å². The van der Waals surface area contributed by atoms with Gasteiger partial charge >= 0.3 is 0 Å². The van der Waals surface area contributed by atoms with Gasteiger partial charge in [-0.05, 0) is 19.8 Å². The second-order valence-corrected chi connectivity index (χ2v) is 3.63. The monoisotopic (exact) mass is 186 g/mol. The Hall–Kier alpha value is -0.610. The first kappa shape index (κ1) is 10.5. The number of nitrogens with one attached hydrogen (secondary N) is 2. The molecular weight excluding hydrogens is 168 g/mol. The third-order valence-electron chi connectivity index (χ3n) is 2.06. The molecule has 76 valence electrons. The molecule has 13 heavy (non-hydrogen) atoms. The maximum Gasteiger partial charge on any atom is 0.221 e. The van der Waals surface area contributed by atoms with E-state index in [-0.39, 0.29) is 18.6 Å². The fraction of sp³-hybridized carbons (Fsp3) is 0.889. The molecule has 0 heterocycles. The SMILES string of the molecule is CC(CO)NCCC(=O)NC1CC1. The molecule has 4 nitrogen and oxygen atoms in total. The summed E-state index contributed by atoms with van der Waals surface area (Å²) in [6, 6.07) is 0.525. The molecule has 0 aliphatic heterocycles. The lowest BCUT2D eigenvalue weighted by atomic mass is 10.3. The first-order valence-electron chi connectivity index (χ1n) is 4.86. The molecule has 0 aromatic heterocycles. The van der Waals surface area contributed by atoms with Crippen LogP contribution >= 0.6 is 0 Å². The highest BCUT2D eigenvalue weighted by Gasteiger charge is 2.22. The van der Waals surface area contributed by atoms with Gasteiger partial charge in [-0.1, -0.05) is 0 Å². The number of carbonyl (C=O) groups excluding carboxylic acids is 1. The summed E-state index contributed by atoms with van der Waals surface area (Å²) >= 11 is 0. The average molecular weight is 186 g/mol. The lowest BCUT2D eigenvalue weighted by Crippen LogP contribution is -2.34. The van der Waals surface area contributed by atoms with Gasteiger partial charge in [0.1, 0.15) is 0 Å². The lowest BCUT2D eigenvalue weighted by molar-refractivity contribution is -0.121. The summed E-state index contributed by atoms with van der Waals surface area (Å²) in [6.07, 6.45) is 2.76. The Morgan fingerprint density at radius 1 is 1.62 bits per heavy atom. The van der Waals surface area contributed by atoms with E-state index in [1.165, 1.54) is 0 Å². The fourth-order valence-corrected chi connectivity index (χ4v) is 1.02. The Bertz CT molecular complexity index is 169. The van der Waals surface area contributed by atoms with Crippen molar-refractivity contribution in [3.05, 3.63) is 0 Å².